The van der Waals surface area contributed by atoms with Crippen LogP contribution in [-0.2, 0) is 16.4 Å². The third-order valence-corrected chi connectivity index (χ3v) is 6.17. The first-order valence-corrected chi connectivity index (χ1v) is 8.18. The lowest BCUT2D eigenvalue weighted by atomic mass is 10.3. The molecule has 96 valence electrons. The summed E-state index contributed by atoms with van der Waals surface area (Å²) in [5.41, 5.74) is 5.45. The van der Waals surface area contributed by atoms with Gasteiger partial charge in [0.15, 0.2) is 0 Å². The molecule has 2 atom stereocenters. The van der Waals surface area contributed by atoms with Crippen molar-refractivity contribution in [2.24, 2.45) is 11.7 Å². The summed E-state index contributed by atoms with van der Waals surface area (Å²) in [5.74, 6) is 0.522. The smallest absolute Gasteiger partial charge is 0.250 e. The summed E-state index contributed by atoms with van der Waals surface area (Å²) >= 11 is 1.31. The first kappa shape index (κ1) is 13.0. The Labute approximate surface area is 106 Å². The Hall–Kier alpha value is -0.430. The Morgan fingerprint density at radius 1 is 1.53 bits per heavy atom. The average Bonchev–Trinajstić information content (AvgIpc) is 2.82. The van der Waals surface area contributed by atoms with Crippen LogP contribution in [0.15, 0.2) is 16.3 Å². The Balaban J connectivity index is 2.04. The van der Waals surface area contributed by atoms with Crippen molar-refractivity contribution in [3.05, 3.63) is 17.0 Å². The third kappa shape index (κ3) is 3.07. The summed E-state index contributed by atoms with van der Waals surface area (Å²) in [6.45, 7) is 2.64. The van der Waals surface area contributed by atoms with Gasteiger partial charge in [0, 0.05) is 10.9 Å². The van der Waals surface area contributed by atoms with Gasteiger partial charge in [0.05, 0.1) is 0 Å². The van der Waals surface area contributed by atoms with Gasteiger partial charge in [-0.05, 0) is 37.4 Å². The summed E-state index contributed by atoms with van der Waals surface area (Å²) in [7, 11) is -3.31. The molecule has 17 heavy (non-hydrogen) atoms. The number of hydrogen-bond donors (Lipinski definition) is 2. The maximum atomic E-state index is 12.0. The summed E-state index contributed by atoms with van der Waals surface area (Å²) in [6.07, 6.45) is 2.74. The lowest BCUT2D eigenvalue weighted by Crippen LogP contribution is -2.26. The Morgan fingerprint density at radius 3 is 2.88 bits per heavy atom. The first-order valence-electron chi connectivity index (χ1n) is 5.88. The fraction of sp³-hybridized carbons (Fsp3) is 0.636. The van der Waals surface area contributed by atoms with Gasteiger partial charge in [0.25, 0.3) is 0 Å². The van der Waals surface area contributed by atoms with Gasteiger partial charge < -0.3 is 5.73 Å². The molecule has 2 rings (SSSR count). The number of nitrogens with one attached hydrogen (secondary N) is 1. The molecule has 1 saturated carbocycles. The van der Waals surface area contributed by atoms with Crippen LogP contribution in [0.25, 0.3) is 0 Å². The van der Waals surface area contributed by atoms with E-state index in [1.807, 2.05) is 6.07 Å². The van der Waals surface area contributed by atoms with Crippen LogP contribution >= 0.6 is 11.3 Å². The summed E-state index contributed by atoms with van der Waals surface area (Å²) in [6, 6.07) is 3.66. The predicted molar refractivity (Wildman–Crippen MR) is 69.6 cm³/mol. The van der Waals surface area contributed by atoms with E-state index in [2.05, 4.69) is 11.6 Å². The van der Waals surface area contributed by atoms with Gasteiger partial charge in [0.2, 0.25) is 10.0 Å². The minimum Gasteiger partial charge on any atom is -0.330 e. The second-order valence-corrected chi connectivity index (χ2v) is 7.50. The van der Waals surface area contributed by atoms with Crippen molar-refractivity contribution in [3.63, 3.8) is 0 Å². The van der Waals surface area contributed by atoms with Gasteiger partial charge in [-0.15, -0.1) is 11.3 Å². The van der Waals surface area contributed by atoms with Crippen LogP contribution in [-0.4, -0.2) is 21.0 Å². The van der Waals surface area contributed by atoms with Gasteiger partial charge in [0.1, 0.15) is 4.21 Å². The van der Waals surface area contributed by atoms with E-state index < -0.39 is 10.0 Å². The van der Waals surface area contributed by atoms with Crippen molar-refractivity contribution in [3.8, 4) is 0 Å². The van der Waals surface area contributed by atoms with E-state index in [4.69, 9.17) is 5.73 Å². The highest BCUT2D eigenvalue weighted by atomic mass is 32.2. The molecule has 0 amide bonds. The topological polar surface area (TPSA) is 72.2 Å². The van der Waals surface area contributed by atoms with Gasteiger partial charge in [-0.25, -0.2) is 13.1 Å². The second-order valence-electron chi connectivity index (χ2n) is 4.39. The van der Waals surface area contributed by atoms with Crippen LogP contribution < -0.4 is 10.5 Å². The van der Waals surface area contributed by atoms with Crippen molar-refractivity contribution in [2.45, 2.75) is 36.4 Å². The van der Waals surface area contributed by atoms with E-state index in [1.54, 1.807) is 6.07 Å². The van der Waals surface area contributed by atoms with Crippen LogP contribution in [0.4, 0.5) is 0 Å². The zero-order valence-corrected chi connectivity index (χ0v) is 11.5. The molecule has 0 radical (unpaired) electrons. The van der Waals surface area contributed by atoms with E-state index in [-0.39, 0.29) is 6.04 Å². The minimum absolute atomic E-state index is 0.144. The maximum Gasteiger partial charge on any atom is 0.250 e. The van der Waals surface area contributed by atoms with Crippen LogP contribution in [0.1, 0.15) is 24.6 Å². The zero-order chi connectivity index (χ0) is 12.5. The van der Waals surface area contributed by atoms with E-state index in [1.165, 1.54) is 11.3 Å². The molecule has 4 nitrogen and oxygen atoms in total. The molecule has 0 bridgehead atoms. The molecule has 1 aromatic rings. The van der Waals surface area contributed by atoms with E-state index in [0.717, 1.165) is 24.1 Å². The van der Waals surface area contributed by atoms with Crippen LogP contribution in [0.3, 0.4) is 0 Å². The number of sulfonamides is 1. The minimum atomic E-state index is -3.31. The molecule has 0 aliphatic heterocycles. The van der Waals surface area contributed by atoms with E-state index in [9.17, 15) is 8.42 Å². The molecule has 3 N–H and O–H groups in total. The molecule has 0 saturated heterocycles. The van der Waals surface area contributed by atoms with Crippen molar-refractivity contribution < 1.29 is 8.42 Å². The van der Waals surface area contributed by atoms with Gasteiger partial charge in [-0.1, -0.05) is 13.3 Å². The molecule has 0 aromatic carbocycles. The quantitative estimate of drug-likeness (QED) is 0.822. The highest BCUT2D eigenvalue weighted by Gasteiger charge is 2.38. The summed E-state index contributed by atoms with van der Waals surface area (Å²) < 4.78 is 27.2. The first-order chi connectivity index (χ1) is 8.06. The molecular formula is C11H18N2O2S2. The Bertz CT molecular complexity index is 481. The lowest BCUT2D eigenvalue weighted by molar-refractivity contribution is 0.578. The average molecular weight is 274 g/mol. The molecule has 1 aliphatic rings. The SMILES string of the molecule is CCC1CC1NS(=O)(=O)c1ccc(CCN)s1. The monoisotopic (exact) mass is 274 g/mol. The fourth-order valence-electron chi connectivity index (χ4n) is 1.88. The Morgan fingerprint density at radius 2 is 2.29 bits per heavy atom. The summed E-state index contributed by atoms with van der Waals surface area (Å²) in [5, 5.41) is 0. The molecule has 1 aromatic heterocycles. The fourth-order valence-corrected chi connectivity index (χ4v) is 4.59. The molecular weight excluding hydrogens is 256 g/mol. The van der Waals surface area contributed by atoms with E-state index >= 15 is 0 Å². The molecule has 1 heterocycles. The van der Waals surface area contributed by atoms with Crippen LogP contribution in [0.2, 0.25) is 0 Å². The maximum absolute atomic E-state index is 12.0. The third-order valence-electron chi connectivity index (χ3n) is 3.05. The predicted octanol–water partition coefficient (Wildman–Crippen LogP) is 1.33. The number of rotatable bonds is 6. The normalized spacial score (nSPS) is 23.9. The van der Waals surface area contributed by atoms with Crippen LogP contribution in [0.5, 0.6) is 0 Å². The standard InChI is InChI=1S/C11H18N2O2S2/c1-2-8-7-10(8)13-17(14,15)11-4-3-9(16-11)5-6-12/h3-4,8,10,13H,2,5-7,12H2,1H3. The molecule has 2 unspecified atom stereocenters. The van der Waals surface area contributed by atoms with Crippen molar-refractivity contribution in [1.29, 1.82) is 0 Å². The van der Waals surface area contributed by atoms with Gasteiger partial charge in [-0.3, -0.25) is 0 Å². The largest absolute Gasteiger partial charge is 0.330 e. The van der Waals surface area contributed by atoms with Crippen molar-refractivity contribution in [1.82, 2.24) is 4.72 Å². The summed E-state index contributed by atoms with van der Waals surface area (Å²) in [4.78, 5) is 1.02. The van der Waals surface area contributed by atoms with Crippen molar-refractivity contribution >= 4 is 21.4 Å². The number of thiophene rings is 1. The number of nitrogens with two attached hydrogens (primary N) is 1. The zero-order valence-electron chi connectivity index (χ0n) is 9.85. The van der Waals surface area contributed by atoms with Crippen molar-refractivity contribution in [2.75, 3.05) is 6.54 Å². The van der Waals surface area contributed by atoms with Gasteiger partial charge >= 0.3 is 0 Å². The molecule has 1 fully saturated rings. The number of hydrogen-bond acceptors (Lipinski definition) is 4. The molecule has 6 heteroatoms. The van der Waals surface area contributed by atoms with Gasteiger partial charge in [-0.2, -0.15) is 0 Å². The highest BCUT2D eigenvalue weighted by molar-refractivity contribution is 7.91. The van der Waals surface area contributed by atoms with Crippen LogP contribution in [0, 0.1) is 5.92 Å². The van der Waals surface area contributed by atoms with E-state index in [0.29, 0.717) is 16.7 Å². The molecule has 1 aliphatic carbocycles. The molecule has 0 spiro atoms. The second kappa shape index (κ2) is 5.06. The Kier molecular flexibility index (Phi) is 3.87. The highest BCUT2D eigenvalue weighted by Crippen LogP contribution is 2.35. The lowest BCUT2D eigenvalue weighted by Gasteiger charge is -2.03.